The van der Waals surface area contributed by atoms with Gasteiger partial charge >= 0.3 is 0 Å². The van der Waals surface area contributed by atoms with Gasteiger partial charge < -0.3 is 5.11 Å². The fourth-order valence-corrected chi connectivity index (χ4v) is 4.87. The Morgan fingerprint density at radius 3 is 2.20 bits per heavy atom. The lowest BCUT2D eigenvalue weighted by molar-refractivity contribution is -0.167. The standard InChI is InChI=1S/C31H31N5O4/c1-21(2)29-31(40)36(35(22(3)37)26(28(38)19-32)18-23-12-6-4-7-13-23)27(24-14-8-5-9-15-24)20-34(29)30(39)25-16-10-11-17-33-25/h4-17,20-21,26,28-29,38H,18H2,1-3H3/t26-,28?,29+/m0/s1. The summed E-state index contributed by atoms with van der Waals surface area (Å²) in [5.41, 5.74) is 1.76. The summed E-state index contributed by atoms with van der Waals surface area (Å²) >= 11 is 0. The maximum Gasteiger partial charge on any atom is 0.277 e. The molecule has 1 aliphatic heterocycles. The number of hydrogen-bond acceptors (Lipinski definition) is 6. The number of aliphatic hydroxyl groups excluding tert-OH is 1. The molecule has 3 aromatic rings. The smallest absolute Gasteiger partial charge is 0.277 e. The number of pyridine rings is 1. The molecule has 204 valence electrons. The van der Waals surface area contributed by atoms with E-state index in [4.69, 9.17) is 0 Å². The first-order valence-electron chi connectivity index (χ1n) is 13.0. The number of amides is 3. The van der Waals surface area contributed by atoms with E-state index in [0.717, 1.165) is 10.6 Å². The number of nitriles is 1. The highest BCUT2D eigenvalue weighted by Crippen LogP contribution is 2.34. The van der Waals surface area contributed by atoms with Crippen LogP contribution in [0.3, 0.4) is 0 Å². The summed E-state index contributed by atoms with van der Waals surface area (Å²) in [5, 5.41) is 23.0. The second-order valence-electron chi connectivity index (χ2n) is 9.84. The van der Waals surface area contributed by atoms with Crippen molar-refractivity contribution in [2.24, 2.45) is 5.92 Å². The third-order valence-electron chi connectivity index (χ3n) is 6.71. The largest absolute Gasteiger partial charge is 0.376 e. The van der Waals surface area contributed by atoms with Gasteiger partial charge in [-0.15, -0.1) is 0 Å². The fraction of sp³-hybridized carbons (Fsp3) is 0.258. The van der Waals surface area contributed by atoms with E-state index >= 15 is 0 Å². The Morgan fingerprint density at radius 2 is 1.65 bits per heavy atom. The van der Waals surface area contributed by atoms with Crippen LogP contribution in [0.4, 0.5) is 0 Å². The molecule has 0 saturated carbocycles. The zero-order valence-electron chi connectivity index (χ0n) is 22.6. The number of hydrogen-bond donors (Lipinski definition) is 1. The van der Waals surface area contributed by atoms with E-state index in [2.05, 4.69) is 4.98 Å². The Hall–Kier alpha value is -4.81. The molecular weight excluding hydrogens is 506 g/mol. The van der Waals surface area contributed by atoms with Crippen LogP contribution < -0.4 is 0 Å². The number of benzene rings is 2. The van der Waals surface area contributed by atoms with Crippen LogP contribution in [0.2, 0.25) is 0 Å². The van der Waals surface area contributed by atoms with E-state index in [1.807, 2.05) is 56.3 Å². The van der Waals surface area contributed by atoms with Gasteiger partial charge in [0.15, 0.2) is 6.10 Å². The van der Waals surface area contributed by atoms with Crippen molar-refractivity contribution in [3.8, 4) is 6.07 Å². The molecule has 3 amide bonds. The van der Waals surface area contributed by atoms with Crippen LogP contribution >= 0.6 is 0 Å². The highest BCUT2D eigenvalue weighted by Gasteiger charge is 2.46. The Bertz CT molecular complexity index is 1420. The summed E-state index contributed by atoms with van der Waals surface area (Å²) in [6.45, 7) is 4.91. The molecule has 9 heteroatoms. The third-order valence-corrected chi connectivity index (χ3v) is 6.71. The van der Waals surface area contributed by atoms with E-state index in [1.54, 1.807) is 48.7 Å². The number of nitrogens with zero attached hydrogens (tertiary/aromatic N) is 5. The second kappa shape index (κ2) is 12.4. The maximum absolute atomic E-state index is 14.4. The van der Waals surface area contributed by atoms with Crippen molar-refractivity contribution in [2.75, 3.05) is 0 Å². The van der Waals surface area contributed by atoms with Crippen molar-refractivity contribution in [1.29, 1.82) is 5.26 Å². The van der Waals surface area contributed by atoms with E-state index in [1.165, 1.54) is 23.0 Å². The molecule has 0 bridgehead atoms. The van der Waals surface area contributed by atoms with Gasteiger partial charge in [-0.2, -0.15) is 5.26 Å². The zero-order valence-corrected chi connectivity index (χ0v) is 22.6. The van der Waals surface area contributed by atoms with Gasteiger partial charge in [0.05, 0.1) is 17.8 Å². The average Bonchev–Trinajstić information content (AvgIpc) is 2.97. The van der Waals surface area contributed by atoms with Crippen molar-refractivity contribution < 1.29 is 19.5 Å². The average molecular weight is 538 g/mol. The minimum Gasteiger partial charge on any atom is -0.376 e. The molecule has 2 heterocycles. The summed E-state index contributed by atoms with van der Waals surface area (Å²) in [5.74, 6) is -1.90. The van der Waals surface area contributed by atoms with Gasteiger partial charge in [0.25, 0.3) is 11.8 Å². The van der Waals surface area contributed by atoms with Crippen LogP contribution in [-0.2, 0) is 16.0 Å². The summed E-state index contributed by atoms with van der Waals surface area (Å²) in [7, 11) is 0. The first-order chi connectivity index (χ1) is 19.2. The predicted octanol–water partition coefficient (Wildman–Crippen LogP) is 3.65. The third kappa shape index (κ3) is 5.77. The molecule has 40 heavy (non-hydrogen) atoms. The lowest BCUT2D eigenvalue weighted by atomic mass is 9.96. The Balaban J connectivity index is 1.91. The SMILES string of the molecule is CC(=O)N([C@@H](Cc1ccccc1)C(O)C#N)N1C(=O)[C@@H](C(C)C)N(C(=O)c2ccccn2)C=C1c1ccccc1. The maximum atomic E-state index is 14.4. The molecule has 0 fully saturated rings. The highest BCUT2D eigenvalue weighted by molar-refractivity contribution is 6.02. The van der Waals surface area contributed by atoms with Crippen LogP contribution in [0.5, 0.6) is 0 Å². The van der Waals surface area contributed by atoms with Crippen LogP contribution in [-0.4, -0.2) is 60.9 Å². The molecule has 1 aromatic heterocycles. The molecule has 0 spiro atoms. The first kappa shape index (κ1) is 28.2. The second-order valence-corrected chi connectivity index (χ2v) is 9.84. The number of carbonyl (C=O) groups is 3. The van der Waals surface area contributed by atoms with Gasteiger partial charge in [-0.3, -0.25) is 24.3 Å². The minimum absolute atomic E-state index is 0.115. The van der Waals surface area contributed by atoms with Gasteiger partial charge in [0.1, 0.15) is 11.7 Å². The van der Waals surface area contributed by atoms with Crippen molar-refractivity contribution in [3.05, 3.63) is 108 Å². The molecule has 0 radical (unpaired) electrons. The molecule has 2 aromatic carbocycles. The van der Waals surface area contributed by atoms with Crippen molar-refractivity contribution >= 4 is 23.4 Å². The Labute approximate surface area is 233 Å². The number of hydrazine groups is 1. The van der Waals surface area contributed by atoms with Crippen LogP contribution in [0.25, 0.3) is 5.70 Å². The number of rotatable bonds is 8. The molecule has 0 aliphatic carbocycles. The lowest BCUT2D eigenvalue weighted by Crippen LogP contribution is -2.64. The fourth-order valence-electron chi connectivity index (χ4n) is 4.87. The quantitative estimate of drug-likeness (QED) is 0.439. The van der Waals surface area contributed by atoms with Gasteiger partial charge in [0.2, 0.25) is 5.91 Å². The molecule has 3 atom stereocenters. The van der Waals surface area contributed by atoms with E-state index in [9.17, 15) is 24.8 Å². The molecular formula is C31H31N5O4. The molecule has 1 unspecified atom stereocenters. The van der Waals surface area contributed by atoms with Gasteiger partial charge in [-0.25, -0.2) is 10.0 Å². The minimum atomic E-state index is -1.60. The molecule has 1 aliphatic rings. The summed E-state index contributed by atoms with van der Waals surface area (Å²) in [6.07, 6.45) is 1.57. The lowest BCUT2D eigenvalue weighted by Gasteiger charge is -2.47. The topological polar surface area (TPSA) is 118 Å². The molecule has 9 nitrogen and oxygen atoms in total. The molecule has 4 rings (SSSR count). The van der Waals surface area contributed by atoms with Crippen LogP contribution in [0.15, 0.2) is 91.3 Å². The van der Waals surface area contributed by atoms with Crippen molar-refractivity contribution in [3.63, 3.8) is 0 Å². The Kier molecular flexibility index (Phi) is 8.72. The summed E-state index contributed by atoms with van der Waals surface area (Å²) < 4.78 is 0. The predicted molar refractivity (Wildman–Crippen MR) is 148 cm³/mol. The number of aromatic nitrogens is 1. The first-order valence-corrected chi connectivity index (χ1v) is 13.0. The van der Waals surface area contributed by atoms with Crippen LogP contribution in [0, 0.1) is 17.2 Å². The van der Waals surface area contributed by atoms with E-state index in [-0.39, 0.29) is 23.7 Å². The molecule has 0 saturated heterocycles. The Morgan fingerprint density at radius 1 is 1.02 bits per heavy atom. The normalized spacial score (nSPS) is 16.6. The molecule has 1 N–H and O–H groups in total. The van der Waals surface area contributed by atoms with E-state index in [0.29, 0.717) is 5.56 Å². The van der Waals surface area contributed by atoms with Crippen LogP contribution in [0.1, 0.15) is 42.4 Å². The summed E-state index contributed by atoms with van der Waals surface area (Å²) in [6, 6.07) is 22.8. The van der Waals surface area contributed by atoms with Gasteiger partial charge in [-0.1, -0.05) is 80.6 Å². The van der Waals surface area contributed by atoms with Gasteiger partial charge in [-0.05, 0) is 30.0 Å². The number of aliphatic hydroxyl groups is 1. The van der Waals surface area contributed by atoms with Crippen molar-refractivity contribution in [2.45, 2.75) is 45.4 Å². The number of carbonyl (C=O) groups excluding carboxylic acids is 3. The zero-order chi connectivity index (χ0) is 28.8. The monoisotopic (exact) mass is 537 g/mol. The summed E-state index contributed by atoms with van der Waals surface area (Å²) in [4.78, 5) is 47.0. The van der Waals surface area contributed by atoms with Crippen molar-refractivity contribution in [1.82, 2.24) is 19.9 Å². The highest BCUT2D eigenvalue weighted by atomic mass is 16.3. The van der Waals surface area contributed by atoms with E-state index < -0.39 is 35.9 Å². The van der Waals surface area contributed by atoms with Gasteiger partial charge in [0, 0.05) is 24.9 Å².